The van der Waals surface area contributed by atoms with Crippen LogP contribution in [0, 0.1) is 5.92 Å². The van der Waals surface area contributed by atoms with E-state index < -0.39 is 6.61 Å². The van der Waals surface area contributed by atoms with Crippen molar-refractivity contribution in [3.05, 3.63) is 45.6 Å². The number of allylic oxidation sites excluding steroid dienone is 2. The molecule has 0 radical (unpaired) electrons. The lowest BCUT2D eigenvalue weighted by Gasteiger charge is -2.21. The van der Waals surface area contributed by atoms with Gasteiger partial charge in [-0.05, 0) is 42.5 Å². The Balaban J connectivity index is 1.78. The highest BCUT2D eigenvalue weighted by Gasteiger charge is 2.24. The second kappa shape index (κ2) is 8.46. The molecule has 0 spiro atoms. The summed E-state index contributed by atoms with van der Waals surface area (Å²) in [6.45, 7) is -2.58. The number of nitrogens with zero attached hydrogens (tertiary/aromatic N) is 1. The van der Waals surface area contributed by atoms with Crippen LogP contribution in [0.3, 0.4) is 0 Å². The summed E-state index contributed by atoms with van der Waals surface area (Å²) < 4.78 is 35.2. The van der Waals surface area contributed by atoms with Crippen LogP contribution in [-0.2, 0) is 0 Å². The Morgan fingerprint density at radius 2 is 2.04 bits per heavy atom. The van der Waals surface area contributed by atoms with Crippen LogP contribution in [0.1, 0.15) is 29.6 Å². The molecule has 1 fully saturated rings. The molecule has 1 heterocycles. The molecule has 9 heteroatoms. The van der Waals surface area contributed by atoms with Gasteiger partial charge in [0.2, 0.25) is 0 Å². The summed E-state index contributed by atoms with van der Waals surface area (Å²) >= 11 is 12.1. The molecule has 1 aromatic carbocycles. The number of hydrogen-bond acceptors (Lipinski definition) is 5. The van der Waals surface area contributed by atoms with Gasteiger partial charge in [-0.25, -0.2) is 0 Å². The quantitative estimate of drug-likeness (QED) is 0.605. The van der Waals surface area contributed by atoms with Crippen molar-refractivity contribution in [2.24, 2.45) is 5.92 Å². The number of rotatable bonds is 8. The molecule has 1 aliphatic carbocycles. The van der Waals surface area contributed by atoms with Crippen LogP contribution in [0.25, 0.3) is 0 Å². The van der Waals surface area contributed by atoms with Crippen LogP contribution in [0.4, 0.5) is 8.78 Å². The van der Waals surface area contributed by atoms with Gasteiger partial charge in [0, 0.05) is 23.2 Å². The van der Waals surface area contributed by atoms with Crippen molar-refractivity contribution in [3.8, 4) is 11.5 Å². The molecule has 0 saturated heterocycles. The van der Waals surface area contributed by atoms with Gasteiger partial charge in [0.1, 0.15) is 0 Å². The molecular weight excluding hydrogens is 403 g/mol. The van der Waals surface area contributed by atoms with Crippen LogP contribution in [0.15, 0.2) is 40.0 Å². The highest BCUT2D eigenvalue weighted by Crippen LogP contribution is 2.35. The Morgan fingerprint density at radius 3 is 2.67 bits per heavy atom. The zero-order valence-electron chi connectivity index (χ0n) is 14.1. The molecule has 146 valence electrons. The number of halogens is 4. The first-order valence-corrected chi connectivity index (χ1v) is 9.04. The number of alkyl halides is 2. The molecule has 5 nitrogen and oxygen atoms in total. The average molecular weight is 420 g/mol. The third-order valence-electron chi connectivity index (χ3n) is 4.17. The summed E-state index contributed by atoms with van der Waals surface area (Å²) in [6.07, 6.45) is 3.23. The molecule has 1 N–H and O–H groups in total. The molecule has 3 rings (SSSR count). The molecule has 0 amide bonds. The number of hydrogen-bond donors (Lipinski definition) is 1. The van der Waals surface area contributed by atoms with E-state index in [-0.39, 0.29) is 45.9 Å². The summed E-state index contributed by atoms with van der Waals surface area (Å²) in [5, 5.41) is 10.7. The van der Waals surface area contributed by atoms with Gasteiger partial charge in [-0.1, -0.05) is 23.2 Å². The number of carbonyl (C=O) groups is 1. The van der Waals surface area contributed by atoms with Crippen LogP contribution < -0.4 is 9.47 Å². The van der Waals surface area contributed by atoms with Gasteiger partial charge in [-0.2, -0.15) is 8.78 Å². The Bertz CT molecular complexity index is 794. The molecule has 0 bridgehead atoms. The maximum atomic E-state index is 12.6. The highest BCUT2D eigenvalue weighted by atomic mass is 35.5. The molecule has 27 heavy (non-hydrogen) atoms. The summed E-state index contributed by atoms with van der Waals surface area (Å²) in [4.78, 5) is 12.6. The third-order valence-corrected chi connectivity index (χ3v) is 4.84. The SMILES string of the molecule is O=C(CC1=C(Cl)CN(O)C=C1Cl)c1ccc(OC(F)F)c(OCC2CC2)c1. The highest BCUT2D eigenvalue weighted by molar-refractivity contribution is 6.36. The lowest BCUT2D eigenvalue weighted by atomic mass is 10.0. The van der Waals surface area contributed by atoms with Crippen molar-refractivity contribution in [1.82, 2.24) is 5.06 Å². The number of ketones is 1. The zero-order chi connectivity index (χ0) is 19.6. The van der Waals surface area contributed by atoms with E-state index in [9.17, 15) is 18.8 Å². The minimum absolute atomic E-state index is 0.0251. The number of Topliss-reactive ketones (excluding diaryl/α,β-unsaturated/α-hetero) is 1. The second-order valence-electron chi connectivity index (χ2n) is 6.35. The minimum Gasteiger partial charge on any atom is -0.489 e. The van der Waals surface area contributed by atoms with E-state index in [1.807, 2.05) is 0 Å². The Labute approximate surface area is 164 Å². The molecule has 0 atom stereocenters. The first-order valence-electron chi connectivity index (χ1n) is 8.29. The summed E-state index contributed by atoms with van der Waals surface area (Å²) in [5.74, 6) is 0.0622. The van der Waals surface area contributed by atoms with Crippen molar-refractivity contribution in [1.29, 1.82) is 0 Å². The van der Waals surface area contributed by atoms with E-state index in [0.29, 0.717) is 18.1 Å². The predicted octanol–water partition coefficient (Wildman–Crippen LogP) is 4.93. The smallest absolute Gasteiger partial charge is 0.387 e. The largest absolute Gasteiger partial charge is 0.489 e. The average Bonchev–Trinajstić information content (AvgIpc) is 3.40. The van der Waals surface area contributed by atoms with Crippen molar-refractivity contribution in [2.45, 2.75) is 25.9 Å². The van der Waals surface area contributed by atoms with E-state index in [2.05, 4.69) is 4.74 Å². The maximum Gasteiger partial charge on any atom is 0.387 e. The third kappa shape index (κ3) is 5.34. The molecule has 2 aliphatic rings. The number of hydroxylamine groups is 2. The fourth-order valence-electron chi connectivity index (χ4n) is 2.54. The molecule has 0 aromatic heterocycles. The van der Waals surface area contributed by atoms with Crippen LogP contribution in [0.5, 0.6) is 11.5 Å². The van der Waals surface area contributed by atoms with Gasteiger partial charge in [-0.15, -0.1) is 0 Å². The van der Waals surface area contributed by atoms with E-state index in [1.165, 1.54) is 24.4 Å². The normalized spacial score (nSPS) is 17.3. The Hall–Kier alpha value is -1.83. The van der Waals surface area contributed by atoms with E-state index in [4.69, 9.17) is 27.9 Å². The summed E-state index contributed by atoms with van der Waals surface area (Å²) in [6, 6.07) is 4.05. The van der Waals surface area contributed by atoms with Crippen LogP contribution in [0.2, 0.25) is 0 Å². The minimum atomic E-state index is -2.99. The molecule has 1 saturated carbocycles. The fourth-order valence-corrected chi connectivity index (χ4v) is 3.18. The van der Waals surface area contributed by atoms with Crippen molar-refractivity contribution >= 4 is 29.0 Å². The monoisotopic (exact) mass is 419 g/mol. The van der Waals surface area contributed by atoms with Gasteiger partial charge < -0.3 is 9.47 Å². The summed E-state index contributed by atoms with van der Waals surface area (Å²) in [5.41, 5.74) is 0.664. The lowest BCUT2D eigenvalue weighted by Crippen LogP contribution is -2.20. The standard InChI is InChI=1S/C18H17Cl2F2NO4/c19-13-7-23(25)8-14(20)12(13)6-15(24)11-3-4-16(27-18(21)22)17(5-11)26-9-10-1-2-10/h3-5,7,10,18,25H,1-2,6,8-9H2. The zero-order valence-corrected chi connectivity index (χ0v) is 15.6. The molecule has 1 aromatic rings. The number of carbonyl (C=O) groups excluding carboxylic acids is 1. The van der Waals surface area contributed by atoms with Gasteiger partial charge in [0.05, 0.1) is 18.2 Å². The molecule has 1 aliphatic heterocycles. The lowest BCUT2D eigenvalue weighted by molar-refractivity contribution is -0.0515. The van der Waals surface area contributed by atoms with Gasteiger partial charge in [-0.3, -0.25) is 15.1 Å². The van der Waals surface area contributed by atoms with E-state index in [1.54, 1.807) is 0 Å². The van der Waals surface area contributed by atoms with Crippen molar-refractivity contribution in [3.63, 3.8) is 0 Å². The molecular formula is C18H17Cl2F2NO4. The van der Waals surface area contributed by atoms with E-state index in [0.717, 1.165) is 17.9 Å². The van der Waals surface area contributed by atoms with Crippen LogP contribution in [-0.4, -0.2) is 35.8 Å². The Kier molecular flexibility index (Phi) is 6.24. The second-order valence-corrected chi connectivity index (χ2v) is 7.22. The van der Waals surface area contributed by atoms with Crippen molar-refractivity contribution < 1.29 is 28.3 Å². The van der Waals surface area contributed by atoms with Crippen molar-refractivity contribution in [2.75, 3.05) is 13.2 Å². The van der Waals surface area contributed by atoms with Crippen LogP contribution >= 0.6 is 23.2 Å². The first-order chi connectivity index (χ1) is 12.8. The summed E-state index contributed by atoms with van der Waals surface area (Å²) in [7, 11) is 0. The van der Waals surface area contributed by atoms with Gasteiger partial charge in [0.15, 0.2) is 17.3 Å². The first kappa shape index (κ1) is 19.9. The Morgan fingerprint density at radius 1 is 1.30 bits per heavy atom. The number of ether oxygens (including phenoxy) is 2. The fraction of sp³-hybridized carbons (Fsp3) is 0.389. The predicted molar refractivity (Wildman–Crippen MR) is 95.5 cm³/mol. The van der Waals surface area contributed by atoms with E-state index >= 15 is 0 Å². The topological polar surface area (TPSA) is 59.0 Å². The number of benzene rings is 1. The van der Waals surface area contributed by atoms with Gasteiger partial charge >= 0.3 is 6.61 Å². The maximum absolute atomic E-state index is 12.6. The van der Waals surface area contributed by atoms with Gasteiger partial charge in [0.25, 0.3) is 0 Å². The molecule has 0 unspecified atom stereocenters.